The van der Waals surface area contributed by atoms with Crippen molar-refractivity contribution in [3.8, 4) is 0 Å². The van der Waals surface area contributed by atoms with Gasteiger partial charge in [0, 0.05) is 29.0 Å². The van der Waals surface area contributed by atoms with E-state index in [1.54, 1.807) is 6.20 Å². The number of aromatic nitrogens is 1. The van der Waals surface area contributed by atoms with Crippen LogP contribution >= 0.6 is 15.9 Å². The molecule has 2 aromatic rings. The molecule has 2 unspecified atom stereocenters. The quantitative estimate of drug-likeness (QED) is 0.718. The summed E-state index contributed by atoms with van der Waals surface area (Å²) >= 11 is 3.48. The summed E-state index contributed by atoms with van der Waals surface area (Å²) < 4.78 is 12.5. The standard InChI is InChI=1S/C22H27BrN2O4/c1-14-11-24-21(29-14)16-4-8-18(9-5-16)25-12-20(22(26)27)28-13-19(25)10-15-2-6-17(23)7-3-15/h2-3,6-7,11,16,18-20H,4-5,8-10,12-13H2,1H3,(H,26,27). The van der Waals surface area contributed by atoms with Crippen LogP contribution in [-0.4, -0.2) is 52.3 Å². The van der Waals surface area contributed by atoms with Crippen molar-refractivity contribution in [1.82, 2.24) is 9.88 Å². The molecule has 1 aromatic heterocycles. The number of benzene rings is 1. The summed E-state index contributed by atoms with van der Waals surface area (Å²) in [6.45, 7) is 2.82. The molecule has 29 heavy (non-hydrogen) atoms. The minimum Gasteiger partial charge on any atom is -0.479 e. The molecule has 156 valence electrons. The highest BCUT2D eigenvalue weighted by molar-refractivity contribution is 9.10. The number of carboxylic acid groups (broad SMARTS) is 1. The van der Waals surface area contributed by atoms with Gasteiger partial charge in [-0.3, -0.25) is 4.90 Å². The smallest absolute Gasteiger partial charge is 0.334 e. The summed E-state index contributed by atoms with van der Waals surface area (Å²) in [6.07, 6.45) is 5.98. The van der Waals surface area contributed by atoms with Crippen molar-refractivity contribution in [2.75, 3.05) is 13.2 Å². The van der Waals surface area contributed by atoms with Gasteiger partial charge < -0.3 is 14.3 Å². The fourth-order valence-corrected chi connectivity index (χ4v) is 4.86. The topological polar surface area (TPSA) is 75.8 Å². The second-order valence-electron chi connectivity index (χ2n) is 8.16. The molecule has 2 atom stereocenters. The Balaban J connectivity index is 1.44. The maximum atomic E-state index is 11.5. The molecule has 0 amide bonds. The zero-order valence-corrected chi connectivity index (χ0v) is 18.2. The average molecular weight is 463 g/mol. The van der Waals surface area contributed by atoms with Gasteiger partial charge in [0.25, 0.3) is 0 Å². The number of halogens is 1. The number of carbonyl (C=O) groups is 1. The molecule has 1 N–H and O–H groups in total. The van der Waals surface area contributed by atoms with E-state index in [-0.39, 0.29) is 6.04 Å². The zero-order chi connectivity index (χ0) is 20.4. The molecule has 4 rings (SSSR count). The van der Waals surface area contributed by atoms with Gasteiger partial charge in [-0.25, -0.2) is 9.78 Å². The summed E-state index contributed by atoms with van der Waals surface area (Å²) in [5.74, 6) is 1.19. The second-order valence-corrected chi connectivity index (χ2v) is 9.07. The lowest BCUT2D eigenvalue weighted by molar-refractivity contribution is -0.162. The Bertz CT molecular complexity index is 830. The van der Waals surface area contributed by atoms with Crippen molar-refractivity contribution in [3.63, 3.8) is 0 Å². The fraction of sp³-hybridized carbons (Fsp3) is 0.545. The molecule has 6 nitrogen and oxygen atoms in total. The Kier molecular flexibility index (Phi) is 6.37. The Morgan fingerprint density at radius 3 is 2.59 bits per heavy atom. The van der Waals surface area contributed by atoms with Gasteiger partial charge in [-0.15, -0.1) is 0 Å². The van der Waals surface area contributed by atoms with Crippen LogP contribution in [0, 0.1) is 6.92 Å². The van der Waals surface area contributed by atoms with E-state index in [0.717, 1.165) is 48.2 Å². The van der Waals surface area contributed by atoms with E-state index in [1.165, 1.54) is 5.56 Å². The minimum atomic E-state index is -0.874. The third-order valence-corrected chi connectivity index (χ3v) is 6.68. The minimum absolute atomic E-state index is 0.192. The third-order valence-electron chi connectivity index (χ3n) is 6.15. The number of nitrogens with zero attached hydrogens (tertiary/aromatic N) is 2. The number of hydrogen-bond donors (Lipinski definition) is 1. The maximum absolute atomic E-state index is 11.5. The SMILES string of the molecule is Cc1cnc(C2CCC(N3CC(C(=O)O)OCC3Cc3ccc(Br)cc3)CC2)o1. The Morgan fingerprint density at radius 2 is 1.97 bits per heavy atom. The Labute approximate surface area is 179 Å². The lowest BCUT2D eigenvalue weighted by atomic mass is 9.84. The number of carboxylic acids is 1. The first-order chi connectivity index (χ1) is 14.0. The number of aryl methyl sites for hydroxylation is 1. The molecule has 1 aromatic carbocycles. The van der Waals surface area contributed by atoms with Crippen LogP contribution in [0.5, 0.6) is 0 Å². The van der Waals surface area contributed by atoms with Crippen LogP contribution in [0.3, 0.4) is 0 Å². The third kappa shape index (κ3) is 4.90. The van der Waals surface area contributed by atoms with Crippen molar-refractivity contribution in [2.45, 2.75) is 63.1 Å². The van der Waals surface area contributed by atoms with Gasteiger partial charge in [0.05, 0.1) is 12.8 Å². The van der Waals surface area contributed by atoms with Crippen LogP contribution in [0.25, 0.3) is 0 Å². The number of oxazole rings is 1. The predicted molar refractivity (Wildman–Crippen MR) is 112 cm³/mol. The van der Waals surface area contributed by atoms with Gasteiger partial charge in [0.2, 0.25) is 0 Å². The molecule has 2 aliphatic rings. The van der Waals surface area contributed by atoms with Gasteiger partial charge in [-0.1, -0.05) is 28.1 Å². The van der Waals surface area contributed by atoms with Crippen LogP contribution in [0.2, 0.25) is 0 Å². The molecule has 1 aliphatic carbocycles. The zero-order valence-electron chi connectivity index (χ0n) is 16.6. The molecule has 1 aliphatic heterocycles. The van der Waals surface area contributed by atoms with Gasteiger partial charge in [-0.2, -0.15) is 0 Å². The van der Waals surface area contributed by atoms with Crippen molar-refractivity contribution < 1.29 is 19.1 Å². The van der Waals surface area contributed by atoms with E-state index in [4.69, 9.17) is 9.15 Å². The molecule has 2 heterocycles. The summed E-state index contributed by atoms with van der Waals surface area (Å²) in [7, 11) is 0. The Morgan fingerprint density at radius 1 is 1.24 bits per heavy atom. The predicted octanol–water partition coefficient (Wildman–Crippen LogP) is 4.17. The molecular weight excluding hydrogens is 436 g/mol. The lowest BCUT2D eigenvalue weighted by Gasteiger charge is -2.45. The highest BCUT2D eigenvalue weighted by atomic mass is 79.9. The number of rotatable bonds is 5. The first kappa shape index (κ1) is 20.6. The molecule has 1 saturated heterocycles. The van der Waals surface area contributed by atoms with Gasteiger partial charge in [-0.05, 0) is 56.7 Å². The van der Waals surface area contributed by atoms with Crippen LogP contribution in [0.4, 0.5) is 0 Å². The molecule has 2 fully saturated rings. The van der Waals surface area contributed by atoms with E-state index >= 15 is 0 Å². The lowest BCUT2D eigenvalue weighted by Crippen LogP contribution is -2.57. The van der Waals surface area contributed by atoms with Crippen LogP contribution in [0.15, 0.2) is 39.4 Å². The van der Waals surface area contributed by atoms with Crippen LogP contribution < -0.4 is 0 Å². The Hall–Kier alpha value is -1.70. The van der Waals surface area contributed by atoms with Crippen LogP contribution in [0.1, 0.15) is 48.8 Å². The molecule has 0 spiro atoms. The number of morpholine rings is 1. The summed E-state index contributed by atoms with van der Waals surface area (Å²) in [5.41, 5.74) is 1.24. The monoisotopic (exact) mass is 462 g/mol. The van der Waals surface area contributed by atoms with E-state index in [2.05, 4.69) is 37.9 Å². The van der Waals surface area contributed by atoms with Gasteiger partial charge >= 0.3 is 5.97 Å². The van der Waals surface area contributed by atoms with Crippen molar-refractivity contribution in [1.29, 1.82) is 0 Å². The molecular formula is C22H27BrN2O4. The largest absolute Gasteiger partial charge is 0.479 e. The normalized spacial score (nSPS) is 28.3. The number of aliphatic carboxylic acids is 1. The van der Waals surface area contributed by atoms with E-state index < -0.39 is 12.1 Å². The highest BCUT2D eigenvalue weighted by Gasteiger charge is 2.38. The summed E-state index contributed by atoms with van der Waals surface area (Å²) in [5, 5.41) is 9.48. The number of ether oxygens (including phenoxy) is 1. The molecule has 1 saturated carbocycles. The highest BCUT2D eigenvalue weighted by Crippen LogP contribution is 2.36. The first-order valence-corrected chi connectivity index (χ1v) is 11.1. The number of hydrogen-bond acceptors (Lipinski definition) is 5. The van der Waals surface area contributed by atoms with Crippen molar-refractivity contribution in [3.05, 3.63) is 52.1 Å². The van der Waals surface area contributed by atoms with E-state index in [9.17, 15) is 9.90 Å². The van der Waals surface area contributed by atoms with Gasteiger partial charge in [0.1, 0.15) is 5.76 Å². The molecule has 0 bridgehead atoms. The van der Waals surface area contributed by atoms with Crippen molar-refractivity contribution in [2.24, 2.45) is 0 Å². The average Bonchev–Trinajstić information content (AvgIpc) is 3.16. The second kappa shape index (κ2) is 8.98. The first-order valence-electron chi connectivity index (χ1n) is 10.3. The van der Waals surface area contributed by atoms with Crippen LogP contribution in [-0.2, 0) is 16.0 Å². The van der Waals surface area contributed by atoms with Gasteiger partial charge in [0.15, 0.2) is 12.0 Å². The maximum Gasteiger partial charge on any atom is 0.334 e. The van der Waals surface area contributed by atoms with E-state index in [1.807, 2.05) is 19.1 Å². The molecule has 7 heteroatoms. The van der Waals surface area contributed by atoms with E-state index in [0.29, 0.717) is 25.1 Å². The summed E-state index contributed by atoms with van der Waals surface area (Å²) in [6, 6.07) is 8.89. The fourth-order valence-electron chi connectivity index (χ4n) is 4.60. The van der Waals surface area contributed by atoms with Crippen molar-refractivity contribution >= 4 is 21.9 Å². The summed E-state index contributed by atoms with van der Waals surface area (Å²) in [4.78, 5) is 18.3. The molecule has 0 radical (unpaired) electrons.